The highest BCUT2D eigenvalue weighted by molar-refractivity contribution is 7.10. The summed E-state index contributed by atoms with van der Waals surface area (Å²) < 4.78 is 5.35. The fraction of sp³-hybridized carbons (Fsp3) is 0.419. The van der Waals surface area contributed by atoms with Crippen LogP contribution in [0.5, 0.6) is 5.75 Å². The van der Waals surface area contributed by atoms with Crippen LogP contribution in [0.2, 0.25) is 0 Å². The van der Waals surface area contributed by atoms with Gasteiger partial charge in [-0.2, -0.15) is 0 Å². The van der Waals surface area contributed by atoms with Crippen LogP contribution in [-0.4, -0.2) is 47.4 Å². The molecule has 0 fully saturated rings. The number of methoxy groups -OCH3 is 1. The maximum Gasteiger partial charge on any atom is 0.254 e. The molecular weight excluding hydrogens is 480 g/mol. The second-order valence-corrected chi connectivity index (χ2v) is 12.7. The Bertz CT molecular complexity index is 1250. The van der Waals surface area contributed by atoms with Gasteiger partial charge in [0.25, 0.3) is 5.91 Å². The molecule has 0 saturated heterocycles. The Morgan fingerprint density at radius 1 is 0.973 bits per heavy atom. The predicted octanol–water partition coefficient (Wildman–Crippen LogP) is 6.47. The largest absolute Gasteiger partial charge is 0.497 e. The Hall–Kier alpha value is -3.12. The van der Waals surface area contributed by atoms with Crippen molar-refractivity contribution in [2.24, 2.45) is 0 Å². The Kier molecular flexibility index (Phi) is 7.52. The van der Waals surface area contributed by atoms with Gasteiger partial charge < -0.3 is 14.5 Å². The van der Waals surface area contributed by atoms with E-state index < -0.39 is 5.54 Å². The molecule has 0 bridgehead atoms. The Balaban J connectivity index is 1.62. The summed E-state index contributed by atoms with van der Waals surface area (Å²) in [6.07, 6.45) is 0.823. The lowest BCUT2D eigenvalue weighted by Crippen LogP contribution is -2.52. The van der Waals surface area contributed by atoms with Crippen molar-refractivity contribution in [2.75, 3.05) is 20.2 Å². The topological polar surface area (TPSA) is 49.9 Å². The summed E-state index contributed by atoms with van der Waals surface area (Å²) in [5.41, 5.74) is 3.47. The Morgan fingerprint density at radius 2 is 1.62 bits per heavy atom. The van der Waals surface area contributed by atoms with Gasteiger partial charge in [-0.3, -0.25) is 9.59 Å². The molecule has 1 aliphatic rings. The summed E-state index contributed by atoms with van der Waals surface area (Å²) in [6, 6.07) is 17.6. The summed E-state index contributed by atoms with van der Waals surface area (Å²) in [5, 5.41) is 2.10. The summed E-state index contributed by atoms with van der Waals surface area (Å²) >= 11 is 1.74. The highest BCUT2D eigenvalue weighted by Gasteiger charge is 2.36. The highest BCUT2D eigenvalue weighted by atomic mass is 32.1. The zero-order valence-corrected chi connectivity index (χ0v) is 23.8. The van der Waals surface area contributed by atoms with Gasteiger partial charge in [-0.05, 0) is 85.0 Å². The van der Waals surface area contributed by atoms with E-state index in [0.717, 1.165) is 17.7 Å². The molecule has 0 unspecified atom stereocenters. The molecule has 2 aromatic carbocycles. The molecule has 2 amide bonds. The van der Waals surface area contributed by atoms with E-state index in [-0.39, 0.29) is 29.8 Å². The molecule has 0 aliphatic carbocycles. The van der Waals surface area contributed by atoms with Crippen LogP contribution in [0.4, 0.5) is 0 Å². The van der Waals surface area contributed by atoms with Gasteiger partial charge in [0, 0.05) is 22.5 Å². The Labute approximate surface area is 225 Å². The molecule has 6 heteroatoms. The summed E-state index contributed by atoms with van der Waals surface area (Å²) in [7, 11) is 1.65. The van der Waals surface area contributed by atoms with E-state index >= 15 is 0 Å². The van der Waals surface area contributed by atoms with Crippen molar-refractivity contribution in [1.29, 1.82) is 0 Å². The highest BCUT2D eigenvalue weighted by Crippen LogP contribution is 2.38. The van der Waals surface area contributed by atoms with Crippen LogP contribution in [0.15, 0.2) is 60.0 Å². The number of carbonyl (C=O) groups excluding carboxylic acids is 2. The van der Waals surface area contributed by atoms with E-state index in [4.69, 9.17) is 4.74 Å². The fourth-order valence-electron chi connectivity index (χ4n) is 4.84. The zero-order chi connectivity index (χ0) is 27.0. The fourth-order valence-corrected chi connectivity index (χ4v) is 5.74. The normalized spacial score (nSPS) is 15.8. The molecule has 0 N–H and O–H groups in total. The maximum atomic E-state index is 13.9. The van der Waals surface area contributed by atoms with Gasteiger partial charge in [0.05, 0.1) is 13.2 Å². The summed E-state index contributed by atoms with van der Waals surface area (Å²) in [6.45, 7) is 13.1. The molecule has 1 atom stereocenters. The minimum atomic E-state index is -0.519. The van der Waals surface area contributed by atoms with Crippen molar-refractivity contribution >= 4 is 23.2 Å². The van der Waals surface area contributed by atoms with E-state index in [2.05, 4.69) is 32.2 Å². The van der Waals surface area contributed by atoms with Crippen molar-refractivity contribution in [3.63, 3.8) is 0 Å². The van der Waals surface area contributed by atoms with Crippen LogP contribution < -0.4 is 4.74 Å². The quantitative estimate of drug-likeness (QED) is 0.389. The number of benzene rings is 2. The van der Waals surface area contributed by atoms with Gasteiger partial charge in [0.2, 0.25) is 5.91 Å². The predicted molar refractivity (Wildman–Crippen MR) is 151 cm³/mol. The first kappa shape index (κ1) is 26.9. The first-order valence-electron chi connectivity index (χ1n) is 12.8. The average molecular weight is 519 g/mol. The van der Waals surface area contributed by atoms with E-state index in [1.54, 1.807) is 23.3 Å². The summed E-state index contributed by atoms with van der Waals surface area (Å²) in [4.78, 5) is 32.6. The van der Waals surface area contributed by atoms with Gasteiger partial charge in [-0.25, -0.2) is 0 Å². The lowest BCUT2D eigenvalue weighted by atomic mass is 9.86. The van der Waals surface area contributed by atoms with Crippen LogP contribution >= 0.6 is 11.3 Å². The third kappa shape index (κ3) is 5.74. The van der Waals surface area contributed by atoms with Crippen molar-refractivity contribution < 1.29 is 14.3 Å². The third-order valence-corrected chi connectivity index (χ3v) is 8.06. The number of nitrogens with zero attached hydrogens (tertiary/aromatic N) is 2. The first-order valence-corrected chi connectivity index (χ1v) is 13.7. The molecular formula is C31H38N2O3S. The van der Waals surface area contributed by atoms with Crippen molar-refractivity contribution in [3.8, 4) is 5.75 Å². The number of hydrogen-bond acceptors (Lipinski definition) is 4. The Morgan fingerprint density at radius 3 is 2.19 bits per heavy atom. The van der Waals surface area contributed by atoms with Crippen molar-refractivity contribution in [3.05, 3.63) is 87.1 Å². The van der Waals surface area contributed by atoms with Gasteiger partial charge in [0.1, 0.15) is 12.3 Å². The van der Waals surface area contributed by atoms with E-state index in [1.807, 2.05) is 74.2 Å². The van der Waals surface area contributed by atoms with Crippen LogP contribution in [0.3, 0.4) is 0 Å². The number of carbonyl (C=O) groups is 2. The molecule has 4 rings (SSSR count). The number of amides is 2. The molecule has 1 aromatic heterocycles. The van der Waals surface area contributed by atoms with E-state index in [0.29, 0.717) is 12.1 Å². The zero-order valence-electron chi connectivity index (χ0n) is 23.0. The molecule has 2 heterocycles. The minimum Gasteiger partial charge on any atom is -0.497 e. The number of rotatable bonds is 5. The molecule has 3 aromatic rings. The van der Waals surface area contributed by atoms with Crippen molar-refractivity contribution in [1.82, 2.24) is 9.80 Å². The number of fused-ring (bicyclic) bond motifs is 1. The van der Waals surface area contributed by atoms with Crippen LogP contribution in [-0.2, 0) is 16.6 Å². The second kappa shape index (κ2) is 10.3. The average Bonchev–Trinajstić information content (AvgIpc) is 3.34. The molecule has 0 spiro atoms. The maximum absolute atomic E-state index is 13.9. The molecule has 196 valence electrons. The van der Waals surface area contributed by atoms with E-state index in [9.17, 15) is 9.59 Å². The second-order valence-electron chi connectivity index (χ2n) is 11.7. The summed E-state index contributed by atoms with van der Waals surface area (Å²) in [5.74, 6) is 0.604. The van der Waals surface area contributed by atoms with Crippen LogP contribution in [0.25, 0.3) is 0 Å². The van der Waals surface area contributed by atoms with Gasteiger partial charge in [0.15, 0.2) is 0 Å². The van der Waals surface area contributed by atoms with Crippen LogP contribution in [0.1, 0.15) is 79.5 Å². The molecule has 0 saturated carbocycles. The van der Waals surface area contributed by atoms with Crippen molar-refractivity contribution in [2.45, 2.75) is 65.0 Å². The third-order valence-electron chi connectivity index (χ3n) is 7.06. The smallest absolute Gasteiger partial charge is 0.254 e. The lowest BCUT2D eigenvalue weighted by molar-refractivity contribution is -0.135. The number of thiophene rings is 1. The van der Waals surface area contributed by atoms with Gasteiger partial charge >= 0.3 is 0 Å². The minimum absolute atomic E-state index is 0.00645. The number of ether oxygens (including phenoxy) is 1. The number of hydrogen-bond donors (Lipinski definition) is 0. The first-order chi connectivity index (χ1) is 17.4. The molecule has 0 radical (unpaired) electrons. The van der Waals surface area contributed by atoms with Gasteiger partial charge in [-0.15, -0.1) is 11.3 Å². The molecule has 37 heavy (non-hydrogen) atoms. The lowest BCUT2D eigenvalue weighted by Gasteiger charge is -2.40. The monoisotopic (exact) mass is 518 g/mol. The molecule has 1 aliphatic heterocycles. The SMILES string of the molecule is COc1ccc([C@H]2c3ccsc3CCN2C(=O)CN(C(=O)c2ccc(C(C)(C)C)cc2)C(C)(C)C)cc1. The standard InChI is InChI=1S/C31H38N2O3S/c1-30(2,3)23-12-8-22(9-13-23)29(35)33(31(4,5)6)20-27(34)32-18-16-26-25(17-19-37-26)28(32)21-10-14-24(36-7)15-11-21/h8-15,17,19,28H,16,18,20H2,1-7H3/t28-/m0/s1. The van der Waals surface area contributed by atoms with Crippen LogP contribution in [0, 0.1) is 0 Å². The molecule has 5 nitrogen and oxygen atoms in total. The van der Waals surface area contributed by atoms with Gasteiger partial charge in [-0.1, -0.05) is 45.0 Å². The van der Waals surface area contributed by atoms with E-state index in [1.165, 1.54) is 16.0 Å².